The normalized spacial score (nSPS) is 20.6. The fourth-order valence-electron chi connectivity index (χ4n) is 4.53. The minimum atomic E-state index is -2.84. The van der Waals surface area contributed by atoms with E-state index in [2.05, 4.69) is 25.9 Å². The predicted molar refractivity (Wildman–Crippen MR) is 121 cm³/mol. The summed E-state index contributed by atoms with van der Waals surface area (Å²) in [4.78, 5) is 16.9. The second-order valence-corrected chi connectivity index (χ2v) is 8.66. The molecule has 4 rings (SSSR count). The van der Waals surface area contributed by atoms with Gasteiger partial charge in [-0.2, -0.15) is 14.0 Å². The van der Waals surface area contributed by atoms with E-state index in [0.717, 1.165) is 30.8 Å². The van der Waals surface area contributed by atoms with Crippen LogP contribution in [0.25, 0.3) is 0 Å². The van der Waals surface area contributed by atoms with Gasteiger partial charge in [0, 0.05) is 39.3 Å². The quantitative estimate of drug-likeness (QED) is 0.607. The molecular weight excluding hydrogens is 442 g/mol. The molecule has 0 saturated carbocycles. The molecule has 1 N–H and O–H groups in total. The van der Waals surface area contributed by atoms with Crippen LogP contribution in [0.15, 0.2) is 48.5 Å². The molecule has 0 spiro atoms. The summed E-state index contributed by atoms with van der Waals surface area (Å²) < 4.78 is 36.0. The van der Waals surface area contributed by atoms with Gasteiger partial charge in [-0.05, 0) is 35.7 Å². The van der Waals surface area contributed by atoms with Gasteiger partial charge < -0.3 is 14.8 Å². The Kier molecular flexibility index (Phi) is 8.06. The van der Waals surface area contributed by atoms with Crippen molar-refractivity contribution in [1.29, 1.82) is 5.26 Å². The van der Waals surface area contributed by atoms with E-state index in [4.69, 9.17) is 10.00 Å². The molecule has 2 atom stereocenters. The topological polar surface area (TPSA) is 77.8 Å². The molecule has 2 aromatic carbocycles. The van der Waals surface area contributed by atoms with Gasteiger partial charge in [-0.3, -0.25) is 14.6 Å². The number of hydrogen-bond donors (Lipinski definition) is 1. The van der Waals surface area contributed by atoms with Gasteiger partial charge in [0.05, 0.1) is 30.4 Å². The first-order valence-electron chi connectivity index (χ1n) is 11.4. The number of amides is 1. The third-order valence-electron chi connectivity index (χ3n) is 6.06. The molecule has 2 aliphatic heterocycles. The number of hydrogen-bond acceptors (Lipinski definition) is 6. The second kappa shape index (κ2) is 11.4. The van der Waals surface area contributed by atoms with Gasteiger partial charge >= 0.3 is 6.61 Å². The minimum Gasteiger partial charge on any atom is -0.435 e. The van der Waals surface area contributed by atoms with Crippen LogP contribution in [0.1, 0.15) is 16.7 Å². The number of carbonyl (C=O) groups is 1. The highest BCUT2D eigenvalue weighted by atomic mass is 19.3. The number of fused-ring (bicyclic) bond motifs is 2. The number of benzene rings is 2. The molecule has 2 bridgehead atoms. The van der Waals surface area contributed by atoms with Gasteiger partial charge in [0.25, 0.3) is 0 Å². The number of nitrogens with zero attached hydrogens (tertiary/aromatic N) is 3. The molecule has 2 aromatic rings. The number of morpholine rings is 2. The van der Waals surface area contributed by atoms with Crippen LogP contribution in [-0.4, -0.2) is 73.8 Å². The molecule has 1 amide bonds. The highest BCUT2D eigenvalue weighted by molar-refractivity contribution is 5.78. The Balaban J connectivity index is 1.22. The Morgan fingerprint density at radius 3 is 2.44 bits per heavy atom. The number of ether oxygens (including phenoxy) is 2. The standard InChI is InChI=1S/C25H28F2N4O3/c26-25(27)34-23-4-2-1-3-20(23)9-10-30-13-21-15-31(16-22(14-30)33-21)17-24(32)29-12-19-7-5-18(11-28)6-8-19/h1-8,21-22,25H,9-10,12-17H2,(H,29,32). The third-order valence-corrected chi connectivity index (χ3v) is 6.06. The summed E-state index contributed by atoms with van der Waals surface area (Å²) in [6.45, 7) is 1.43. The van der Waals surface area contributed by atoms with Crippen LogP contribution in [0.3, 0.4) is 0 Å². The van der Waals surface area contributed by atoms with Gasteiger partial charge in [0.2, 0.25) is 5.91 Å². The zero-order chi connectivity index (χ0) is 23.9. The van der Waals surface area contributed by atoms with E-state index in [0.29, 0.717) is 38.2 Å². The van der Waals surface area contributed by atoms with Gasteiger partial charge in [-0.1, -0.05) is 30.3 Å². The van der Waals surface area contributed by atoms with Crippen molar-refractivity contribution in [3.63, 3.8) is 0 Å². The first-order valence-corrected chi connectivity index (χ1v) is 11.4. The second-order valence-electron chi connectivity index (χ2n) is 8.66. The van der Waals surface area contributed by atoms with E-state index in [-0.39, 0.29) is 23.9 Å². The largest absolute Gasteiger partial charge is 0.435 e. The van der Waals surface area contributed by atoms with Crippen molar-refractivity contribution >= 4 is 5.91 Å². The third kappa shape index (κ3) is 6.73. The van der Waals surface area contributed by atoms with Crippen molar-refractivity contribution in [3.8, 4) is 11.8 Å². The number of nitriles is 1. The summed E-state index contributed by atoms with van der Waals surface area (Å²) in [5.41, 5.74) is 2.30. The van der Waals surface area contributed by atoms with E-state index in [9.17, 15) is 13.6 Å². The molecule has 2 fully saturated rings. The number of carbonyl (C=O) groups excluding carboxylic acids is 1. The molecule has 2 unspecified atom stereocenters. The first-order chi connectivity index (χ1) is 16.5. The summed E-state index contributed by atoms with van der Waals surface area (Å²) in [5, 5.41) is 11.8. The highest BCUT2D eigenvalue weighted by Crippen LogP contribution is 2.23. The smallest absolute Gasteiger partial charge is 0.387 e. The Morgan fingerprint density at radius 2 is 1.76 bits per heavy atom. The molecule has 9 heteroatoms. The summed E-state index contributed by atoms with van der Waals surface area (Å²) in [5.74, 6) is 0.181. The zero-order valence-corrected chi connectivity index (χ0v) is 18.8. The Bertz CT molecular complexity index is 998. The number of rotatable bonds is 9. The van der Waals surface area contributed by atoms with Crippen molar-refractivity contribution in [3.05, 3.63) is 65.2 Å². The molecule has 7 nitrogen and oxygen atoms in total. The highest BCUT2D eigenvalue weighted by Gasteiger charge is 2.35. The molecule has 0 radical (unpaired) electrons. The van der Waals surface area contributed by atoms with Crippen LogP contribution in [0.2, 0.25) is 0 Å². The summed E-state index contributed by atoms with van der Waals surface area (Å²) in [6, 6.07) is 16.1. The van der Waals surface area contributed by atoms with Gasteiger partial charge in [0.15, 0.2) is 0 Å². The predicted octanol–water partition coefficient (Wildman–Crippen LogP) is 2.40. The first kappa shape index (κ1) is 24.1. The lowest BCUT2D eigenvalue weighted by Gasteiger charge is -2.45. The lowest BCUT2D eigenvalue weighted by molar-refractivity contribution is -0.144. The molecule has 0 aliphatic carbocycles. The Morgan fingerprint density at radius 1 is 1.09 bits per heavy atom. The lowest BCUT2D eigenvalue weighted by atomic mass is 10.1. The van der Waals surface area contributed by atoms with E-state index in [1.165, 1.54) is 0 Å². The number of nitrogens with one attached hydrogen (secondary N) is 1. The van der Waals surface area contributed by atoms with Crippen molar-refractivity contribution in [1.82, 2.24) is 15.1 Å². The molecule has 2 aliphatic rings. The fraction of sp³-hybridized carbons (Fsp3) is 0.440. The zero-order valence-electron chi connectivity index (χ0n) is 18.8. The SMILES string of the molecule is N#Cc1ccc(CNC(=O)CN2CC3CN(CCc4ccccc4OC(F)F)CC(C2)O3)cc1. The molecule has 34 heavy (non-hydrogen) atoms. The Hall–Kier alpha value is -3.06. The molecule has 180 valence electrons. The van der Waals surface area contributed by atoms with Crippen LogP contribution in [0.5, 0.6) is 5.75 Å². The van der Waals surface area contributed by atoms with Crippen LogP contribution < -0.4 is 10.1 Å². The van der Waals surface area contributed by atoms with Crippen molar-refractivity contribution < 1.29 is 23.0 Å². The number of para-hydroxylation sites is 1. The summed E-state index contributed by atoms with van der Waals surface area (Å²) >= 11 is 0. The maximum Gasteiger partial charge on any atom is 0.387 e. The van der Waals surface area contributed by atoms with Gasteiger partial charge in [-0.15, -0.1) is 0 Å². The fourth-order valence-corrected chi connectivity index (χ4v) is 4.53. The van der Waals surface area contributed by atoms with Crippen LogP contribution in [0, 0.1) is 11.3 Å². The van der Waals surface area contributed by atoms with Crippen molar-refractivity contribution in [2.24, 2.45) is 0 Å². The molecular formula is C25H28F2N4O3. The summed E-state index contributed by atoms with van der Waals surface area (Å²) in [6.07, 6.45) is 0.627. The van der Waals surface area contributed by atoms with E-state index < -0.39 is 6.61 Å². The van der Waals surface area contributed by atoms with Crippen LogP contribution in [-0.2, 0) is 22.5 Å². The average molecular weight is 471 g/mol. The van der Waals surface area contributed by atoms with E-state index in [1.54, 1.807) is 24.3 Å². The van der Waals surface area contributed by atoms with Crippen molar-refractivity contribution in [2.75, 3.05) is 39.3 Å². The van der Waals surface area contributed by atoms with Crippen LogP contribution >= 0.6 is 0 Å². The number of halogens is 2. The summed E-state index contributed by atoms with van der Waals surface area (Å²) in [7, 11) is 0. The minimum absolute atomic E-state index is 0.00591. The van der Waals surface area contributed by atoms with Gasteiger partial charge in [-0.25, -0.2) is 0 Å². The van der Waals surface area contributed by atoms with Crippen LogP contribution in [0.4, 0.5) is 8.78 Å². The van der Waals surface area contributed by atoms with E-state index in [1.807, 2.05) is 24.3 Å². The lowest BCUT2D eigenvalue weighted by Crippen LogP contribution is -2.60. The maximum atomic E-state index is 12.6. The number of alkyl halides is 2. The van der Waals surface area contributed by atoms with Crippen molar-refractivity contribution in [2.45, 2.75) is 31.8 Å². The maximum absolute atomic E-state index is 12.6. The van der Waals surface area contributed by atoms with E-state index >= 15 is 0 Å². The Labute approximate surface area is 197 Å². The van der Waals surface area contributed by atoms with Gasteiger partial charge in [0.1, 0.15) is 5.75 Å². The average Bonchev–Trinajstić information content (AvgIpc) is 2.81. The molecule has 0 aromatic heterocycles. The monoisotopic (exact) mass is 470 g/mol. The molecule has 2 heterocycles. The molecule has 2 saturated heterocycles.